The Balaban J connectivity index is 1.02. The molecule has 0 aromatic heterocycles. The molecule has 0 saturated heterocycles. The first-order chi connectivity index (χ1) is 50.3. The van der Waals surface area contributed by atoms with Crippen molar-refractivity contribution in [2.75, 3.05) is 4.90 Å². The molecule has 0 fully saturated rings. The van der Waals surface area contributed by atoms with Gasteiger partial charge in [0, 0.05) is 26.7 Å². The summed E-state index contributed by atoms with van der Waals surface area (Å²) in [7, 11) is -6.52. The first kappa shape index (κ1) is 65.3. The molecule has 1 nitrogen and oxygen atoms in total. The Hall–Kier alpha value is -11.1. The highest BCUT2D eigenvalue weighted by Gasteiger charge is 2.49. The highest BCUT2D eigenvalue weighted by molar-refractivity contribution is 8.00. The van der Waals surface area contributed by atoms with E-state index in [9.17, 15) is 0 Å². The lowest BCUT2D eigenvalue weighted by Crippen LogP contribution is -2.75. The molecule has 0 atom stereocenters. The molecule has 5 heteroatoms. The average molecular weight is 1370 g/mol. The van der Waals surface area contributed by atoms with Crippen molar-refractivity contribution in [3.05, 3.63) is 387 Å². The summed E-state index contributed by atoms with van der Waals surface area (Å²) >= 11 is 1.96. The normalized spacial score (nSPS) is 12.7. The molecule has 17 rings (SSSR count). The van der Waals surface area contributed by atoms with Gasteiger partial charge >= 0.3 is 0 Å². The molecule has 15 aromatic carbocycles. The first-order valence-corrected chi connectivity index (χ1v) is 41.0. The molecule has 0 amide bonds. The molecular formula is C98H80BNSSi2. The summed E-state index contributed by atoms with van der Waals surface area (Å²) in [6.45, 7) is 14.0. The minimum Gasteiger partial charge on any atom is -0.311 e. The fourth-order valence-electron chi connectivity index (χ4n) is 16.6. The van der Waals surface area contributed by atoms with Gasteiger partial charge in [-0.3, -0.25) is 0 Å². The van der Waals surface area contributed by atoms with E-state index < -0.39 is 16.1 Å². The van der Waals surface area contributed by atoms with E-state index in [1.54, 1.807) is 0 Å². The Kier molecular flexibility index (Phi) is 16.9. The maximum absolute atomic E-state index is 3.35. The third kappa shape index (κ3) is 11.7. The quantitative estimate of drug-likeness (QED) is 0.0789. The molecule has 2 heterocycles. The smallest absolute Gasteiger partial charge is 0.249 e. The Labute approximate surface area is 615 Å². The van der Waals surface area contributed by atoms with Crippen LogP contribution in [0.15, 0.2) is 386 Å². The fourth-order valence-corrected chi connectivity index (χ4v) is 27.5. The molecule has 0 aliphatic carbocycles. The summed E-state index contributed by atoms with van der Waals surface area (Å²) < 4.78 is 0. The third-order valence-electron chi connectivity index (χ3n) is 21.7. The topological polar surface area (TPSA) is 3.24 Å². The van der Waals surface area contributed by atoms with Crippen molar-refractivity contribution in [2.45, 2.75) is 62.2 Å². The van der Waals surface area contributed by atoms with E-state index in [1.165, 1.54) is 129 Å². The maximum atomic E-state index is 2.73. The van der Waals surface area contributed by atoms with Crippen molar-refractivity contribution >= 4 is 110 Å². The molecule has 0 unspecified atom stereocenters. The third-order valence-corrected chi connectivity index (χ3v) is 32.3. The van der Waals surface area contributed by atoms with Crippen LogP contribution in [0.3, 0.4) is 0 Å². The Morgan fingerprint density at radius 2 is 0.621 bits per heavy atom. The lowest BCUT2D eigenvalue weighted by molar-refractivity contribution is 0.569. The van der Waals surface area contributed by atoms with Crippen molar-refractivity contribution in [1.82, 2.24) is 0 Å². The van der Waals surface area contributed by atoms with Gasteiger partial charge in [-0.05, 0) is 155 Å². The Morgan fingerprint density at radius 3 is 1.09 bits per heavy atom. The van der Waals surface area contributed by atoms with E-state index in [0.717, 1.165) is 22.4 Å². The molecule has 494 valence electrons. The van der Waals surface area contributed by atoms with Gasteiger partial charge in [-0.25, -0.2) is 0 Å². The van der Waals surface area contributed by atoms with Gasteiger partial charge in [0.25, 0.3) is 0 Å². The summed E-state index contributed by atoms with van der Waals surface area (Å²) in [5.74, 6) is 0. The van der Waals surface area contributed by atoms with Gasteiger partial charge in [0.05, 0.1) is 5.69 Å². The predicted octanol–water partition coefficient (Wildman–Crippen LogP) is 18.1. The van der Waals surface area contributed by atoms with Crippen LogP contribution in [0.4, 0.5) is 17.1 Å². The van der Waals surface area contributed by atoms with Gasteiger partial charge in [0.2, 0.25) is 6.71 Å². The summed E-state index contributed by atoms with van der Waals surface area (Å²) in [6, 6.07) is 145. The molecule has 15 aromatic rings. The molecule has 103 heavy (non-hydrogen) atoms. The molecule has 0 N–H and O–H groups in total. The second kappa shape index (κ2) is 26.7. The van der Waals surface area contributed by atoms with Crippen LogP contribution in [0.2, 0.25) is 0 Å². The van der Waals surface area contributed by atoms with E-state index in [0.29, 0.717) is 0 Å². The lowest BCUT2D eigenvalue weighted by Gasteiger charge is -2.43. The van der Waals surface area contributed by atoms with E-state index >= 15 is 0 Å². The van der Waals surface area contributed by atoms with Crippen molar-refractivity contribution in [2.24, 2.45) is 0 Å². The van der Waals surface area contributed by atoms with Gasteiger partial charge in [-0.2, -0.15) is 0 Å². The molecular weight excluding hydrogens is 1290 g/mol. The van der Waals surface area contributed by atoms with Crippen molar-refractivity contribution in [3.63, 3.8) is 0 Å². The van der Waals surface area contributed by atoms with Crippen LogP contribution < -0.4 is 62.8 Å². The van der Waals surface area contributed by atoms with Gasteiger partial charge < -0.3 is 4.90 Å². The number of hydrogen-bond donors (Lipinski definition) is 0. The number of anilines is 3. The Bertz CT molecular complexity index is 5490. The minimum absolute atomic E-state index is 0.0962. The minimum atomic E-state index is -3.35. The standard InChI is InChI=1S/C98H80BNSSi2/c1-97(2,3)78-59-77(60-79(65-78)98(4,5)6)76-54-57-89-92(64-76)100(91-63-75(71-37-19-9-20-38-71)53-56-88(91)72-39-21-10-22-40-72)93-67-87(103(82-47-27-13-28-48-82,83-49-29-14-30-50-83)85-52-32-42-74(62-85)70-35-17-8-18-36-70)68-95-96(93)99(89)90-66-86(55-58-94(90)101-95)102(80-43-23-11-24-44-80,81-45-25-12-26-46-81)84-51-31-41-73(61-84)69-33-15-7-16-34-69/h7-68H,1-6H3. The highest BCUT2D eigenvalue weighted by atomic mass is 32.2. The van der Waals surface area contributed by atoms with Crippen LogP contribution in [0.25, 0.3) is 55.6 Å². The van der Waals surface area contributed by atoms with E-state index in [1.807, 2.05) is 11.8 Å². The van der Waals surface area contributed by atoms with Crippen LogP contribution in [-0.2, 0) is 10.8 Å². The zero-order valence-corrected chi connectivity index (χ0v) is 62.0. The predicted molar refractivity (Wildman–Crippen MR) is 448 cm³/mol. The molecule has 2 aliphatic heterocycles. The zero-order chi connectivity index (χ0) is 69.9. The van der Waals surface area contributed by atoms with Crippen molar-refractivity contribution in [1.29, 1.82) is 0 Å². The van der Waals surface area contributed by atoms with Crippen molar-refractivity contribution in [3.8, 4) is 55.6 Å². The van der Waals surface area contributed by atoms with Crippen molar-refractivity contribution < 1.29 is 0 Å². The molecule has 0 radical (unpaired) electrons. The van der Waals surface area contributed by atoms with E-state index in [2.05, 4.69) is 423 Å². The second-order valence-electron chi connectivity index (χ2n) is 29.9. The maximum Gasteiger partial charge on any atom is 0.249 e. The summed E-state index contributed by atoms with van der Waals surface area (Å²) in [5, 5.41) is 10.7. The molecule has 0 saturated carbocycles. The van der Waals surface area contributed by atoms with Crippen LogP contribution in [0.5, 0.6) is 0 Å². The molecule has 0 spiro atoms. The number of hydrogen-bond acceptors (Lipinski definition) is 2. The van der Waals surface area contributed by atoms with Gasteiger partial charge in [0.15, 0.2) is 16.1 Å². The number of fused-ring (bicyclic) bond motifs is 4. The summed E-state index contributed by atoms with van der Waals surface area (Å²) in [5.41, 5.74) is 21.8. The average Bonchev–Trinajstić information content (AvgIpc) is 0.692. The monoisotopic (exact) mass is 1370 g/mol. The van der Waals surface area contributed by atoms with Gasteiger partial charge in [0.1, 0.15) is 0 Å². The second-order valence-corrected chi connectivity index (χ2v) is 38.6. The van der Waals surface area contributed by atoms with Gasteiger partial charge in [-0.15, -0.1) is 0 Å². The highest BCUT2D eigenvalue weighted by Crippen LogP contribution is 2.48. The number of rotatable bonds is 14. The zero-order valence-electron chi connectivity index (χ0n) is 59.2. The van der Waals surface area contributed by atoms with Crippen LogP contribution in [0.1, 0.15) is 52.7 Å². The number of benzene rings is 15. The first-order valence-electron chi connectivity index (χ1n) is 36.2. The summed E-state index contributed by atoms with van der Waals surface area (Å²) in [4.78, 5) is 5.28. The van der Waals surface area contributed by atoms with Crippen LogP contribution in [-0.4, -0.2) is 22.9 Å². The number of nitrogens with zero attached hydrogens (tertiary/aromatic N) is 1. The largest absolute Gasteiger partial charge is 0.311 e. The van der Waals surface area contributed by atoms with E-state index in [-0.39, 0.29) is 17.5 Å². The van der Waals surface area contributed by atoms with Crippen LogP contribution >= 0.6 is 11.8 Å². The lowest BCUT2D eigenvalue weighted by atomic mass is 9.35. The van der Waals surface area contributed by atoms with Gasteiger partial charge in [-0.1, -0.05) is 405 Å². The summed E-state index contributed by atoms with van der Waals surface area (Å²) in [6.07, 6.45) is 0. The Morgan fingerprint density at radius 1 is 0.243 bits per heavy atom. The SMILES string of the molecule is CC(C)(C)c1cc(-c2ccc3c(c2)N(c2cc(-c4ccccc4)ccc2-c2ccccc2)c2cc([Si](c4ccccc4)(c4ccccc4)c4cccc(-c5ccccc5)c4)cc4c2B3c2cc([Si](c3ccccc3)(c3ccccc3)c3cccc(-c5ccccc5)c3)ccc2S4)cc(C(C)(C)C)c1. The fraction of sp³-hybridized carbons (Fsp3) is 0.0816. The van der Waals surface area contributed by atoms with E-state index in [4.69, 9.17) is 0 Å². The molecule has 2 aliphatic rings. The molecule has 0 bridgehead atoms. The van der Waals surface area contributed by atoms with Crippen LogP contribution in [0, 0.1) is 0 Å².